The molecule has 0 saturated carbocycles. The summed E-state index contributed by atoms with van der Waals surface area (Å²) in [6.45, 7) is 0. The number of carbonyl (C=O) groups is 1. The first-order valence-corrected chi connectivity index (χ1v) is 6.87. The highest BCUT2D eigenvalue weighted by Gasteiger charge is 2.04. The van der Waals surface area contributed by atoms with Crippen molar-refractivity contribution in [2.75, 3.05) is 13.3 Å². The number of carbonyl (C=O) groups excluding carboxylic acids is 1. The minimum absolute atomic E-state index is 0.333. The third kappa shape index (κ3) is 3.32. The van der Waals surface area contributed by atoms with Gasteiger partial charge in [0.15, 0.2) is 0 Å². The van der Waals surface area contributed by atoms with Gasteiger partial charge >= 0.3 is 5.97 Å². The number of ether oxygens (including phenoxy) is 1. The molecule has 3 heteroatoms. The summed E-state index contributed by atoms with van der Waals surface area (Å²) in [5, 5.41) is 0. The van der Waals surface area contributed by atoms with Crippen molar-refractivity contribution in [2.24, 2.45) is 0 Å². The summed E-state index contributed by atoms with van der Waals surface area (Å²) in [4.78, 5) is 11.4. The van der Waals surface area contributed by atoms with Crippen molar-refractivity contribution in [3.05, 3.63) is 58.9 Å². The molecule has 18 heavy (non-hydrogen) atoms. The topological polar surface area (TPSA) is 26.3 Å². The monoisotopic (exact) mass is 256 g/mol. The van der Waals surface area contributed by atoms with E-state index < -0.39 is 0 Å². The van der Waals surface area contributed by atoms with E-state index in [1.807, 2.05) is 24.3 Å². The van der Waals surface area contributed by atoms with Crippen LogP contribution in [0.5, 0.6) is 0 Å². The number of hydrogen-bond acceptors (Lipinski definition) is 2. The molecule has 1 aliphatic rings. The van der Waals surface area contributed by atoms with Crippen molar-refractivity contribution in [3.63, 3.8) is 0 Å². The molecule has 0 N–H and O–H groups in total. The summed E-state index contributed by atoms with van der Waals surface area (Å²) in [5.41, 5.74) is 2.50. The Kier molecular flexibility index (Phi) is 4.34. The van der Waals surface area contributed by atoms with Gasteiger partial charge in [0, 0.05) is 17.3 Å². The number of methoxy groups -OCH3 is 1. The zero-order valence-electron chi connectivity index (χ0n) is 10.1. The summed E-state index contributed by atoms with van der Waals surface area (Å²) in [6.07, 6.45) is 5.09. The Bertz CT molecular complexity index is 574. The molecule has 1 aliphatic heterocycles. The fourth-order valence-electron chi connectivity index (χ4n) is 1.54. The summed E-state index contributed by atoms with van der Waals surface area (Å²) in [6, 6.07) is 7.18. The molecule has 1 aromatic carbocycles. The molecule has 0 spiro atoms. The number of hydrogen-bond donors (Lipinski definition) is 0. The second kappa shape index (κ2) is 6.19. The molecule has 1 unspecified atom stereocenters. The highest BCUT2D eigenvalue weighted by atomic mass is 31.1. The summed E-state index contributed by atoms with van der Waals surface area (Å²) >= 11 is 0. The van der Waals surface area contributed by atoms with E-state index in [4.69, 9.17) is 0 Å². The molecule has 0 saturated heterocycles. The molecular weight excluding hydrogens is 243 g/mol. The van der Waals surface area contributed by atoms with Gasteiger partial charge in [0.25, 0.3) is 0 Å². The van der Waals surface area contributed by atoms with Crippen molar-refractivity contribution < 1.29 is 9.53 Å². The van der Waals surface area contributed by atoms with E-state index in [0.717, 1.165) is 25.9 Å². The van der Waals surface area contributed by atoms with Crippen LogP contribution in [0.15, 0.2) is 47.8 Å². The normalized spacial score (nSPS) is 14.6. The molecule has 0 amide bonds. The van der Waals surface area contributed by atoms with Crippen LogP contribution in [0.2, 0.25) is 0 Å². The summed E-state index contributed by atoms with van der Waals surface area (Å²) in [7, 11) is 2.19. The number of rotatable bonds is 1. The first-order chi connectivity index (χ1) is 8.79. The van der Waals surface area contributed by atoms with Gasteiger partial charge in [-0.1, -0.05) is 44.5 Å². The highest BCUT2D eigenvalue weighted by Crippen LogP contribution is 2.20. The highest BCUT2D eigenvalue weighted by molar-refractivity contribution is 7.42. The molecule has 0 aromatic heterocycles. The van der Waals surface area contributed by atoms with Crippen LogP contribution in [0.1, 0.15) is 15.9 Å². The predicted molar refractivity (Wildman–Crippen MR) is 75.1 cm³/mol. The van der Waals surface area contributed by atoms with Gasteiger partial charge in [-0.15, -0.1) is 0 Å². The van der Waals surface area contributed by atoms with Crippen molar-refractivity contribution >= 4 is 14.6 Å². The van der Waals surface area contributed by atoms with Crippen LogP contribution in [0, 0.1) is 11.8 Å². The average molecular weight is 256 g/mol. The van der Waals surface area contributed by atoms with E-state index >= 15 is 0 Å². The Morgan fingerprint density at radius 2 is 2.28 bits per heavy atom. The Hall–Kier alpha value is -1.84. The number of benzene rings is 1. The van der Waals surface area contributed by atoms with Crippen molar-refractivity contribution in [1.29, 1.82) is 0 Å². The van der Waals surface area contributed by atoms with E-state index in [0.29, 0.717) is 5.56 Å². The van der Waals surface area contributed by atoms with Gasteiger partial charge in [0.05, 0.1) is 12.7 Å². The molecule has 2 rings (SSSR count). The average Bonchev–Trinajstić information content (AvgIpc) is 2.45. The number of esters is 1. The molecule has 1 aromatic rings. The van der Waals surface area contributed by atoms with E-state index in [-0.39, 0.29) is 5.97 Å². The van der Waals surface area contributed by atoms with Crippen LogP contribution in [0.25, 0.3) is 0 Å². The molecule has 90 valence electrons. The van der Waals surface area contributed by atoms with Crippen LogP contribution < -0.4 is 0 Å². The van der Waals surface area contributed by atoms with Crippen molar-refractivity contribution in [2.45, 2.75) is 0 Å². The maximum Gasteiger partial charge on any atom is 0.337 e. The molecule has 1 heterocycles. The first-order valence-electron chi connectivity index (χ1n) is 5.59. The van der Waals surface area contributed by atoms with E-state index in [2.05, 4.69) is 22.4 Å². The second-order valence-corrected chi connectivity index (χ2v) is 4.85. The third-order valence-corrected chi connectivity index (χ3v) is 3.47. The van der Waals surface area contributed by atoms with Gasteiger partial charge in [-0.05, 0) is 18.2 Å². The zero-order chi connectivity index (χ0) is 12.8. The molecule has 2 nitrogen and oxygen atoms in total. The molecular formula is C15H13O2P. The quantitative estimate of drug-likeness (QED) is 0.438. The van der Waals surface area contributed by atoms with Crippen LogP contribution in [0.3, 0.4) is 0 Å². The molecule has 0 fully saturated rings. The molecule has 0 radical (unpaired) electrons. The fourth-order valence-corrected chi connectivity index (χ4v) is 2.32. The van der Waals surface area contributed by atoms with Gasteiger partial charge in [0.2, 0.25) is 0 Å². The predicted octanol–water partition coefficient (Wildman–Crippen LogP) is 2.96. The van der Waals surface area contributed by atoms with Gasteiger partial charge in [-0.25, -0.2) is 4.79 Å². The Labute approximate surface area is 109 Å². The summed E-state index contributed by atoms with van der Waals surface area (Å²) in [5.74, 6) is 8.04. The van der Waals surface area contributed by atoms with E-state index in [1.54, 1.807) is 12.1 Å². The standard InChI is InChI=1S/C15H13O2P/c1-17-15(16)14-6-2-4-12(10-14)7-8-13-5-3-9-18-11-13/h2-6,9-10,18H,11H2,1H3. The lowest BCUT2D eigenvalue weighted by Crippen LogP contribution is -2.00. The Morgan fingerprint density at radius 1 is 1.39 bits per heavy atom. The molecule has 0 aliphatic carbocycles. The van der Waals surface area contributed by atoms with Crippen LogP contribution >= 0.6 is 8.58 Å². The first kappa shape index (κ1) is 12.6. The maximum atomic E-state index is 11.4. The van der Waals surface area contributed by atoms with Crippen LogP contribution in [0.4, 0.5) is 0 Å². The fraction of sp³-hybridized carbons (Fsp3) is 0.133. The number of allylic oxidation sites excluding steroid dienone is 3. The molecule has 1 atom stereocenters. The molecule has 0 bridgehead atoms. The van der Waals surface area contributed by atoms with Crippen LogP contribution in [-0.2, 0) is 4.74 Å². The van der Waals surface area contributed by atoms with E-state index in [9.17, 15) is 4.79 Å². The summed E-state index contributed by atoms with van der Waals surface area (Å²) < 4.78 is 4.68. The zero-order valence-corrected chi connectivity index (χ0v) is 11.1. The second-order valence-electron chi connectivity index (χ2n) is 3.75. The minimum Gasteiger partial charge on any atom is -0.465 e. The van der Waals surface area contributed by atoms with Crippen LogP contribution in [-0.4, -0.2) is 19.2 Å². The SMILES string of the molecule is COC(=O)c1cccc(C#CC2=CC=CPC2)c1. The van der Waals surface area contributed by atoms with Crippen molar-refractivity contribution in [1.82, 2.24) is 0 Å². The minimum atomic E-state index is -0.333. The maximum absolute atomic E-state index is 11.4. The lowest BCUT2D eigenvalue weighted by molar-refractivity contribution is 0.0600. The lowest BCUT2D eigenvalue weighted by Gasteiger charge is -2.01. The van der Waals surface area contributed by atoms with Gasteiger partial charge in [-0.2, -0.15) is 0 Å². The van der Waals surface area contributed by atoms with Gasteiger partial charge in [0.1, 0.15) is 0 Å². The third-order valence-electron chi connectivity index (χ3n) is 2.46. The smallest absolute Gasteiger partial charge is 0.337 e. The van der Waals surface area contributed by atoms with Crippen molar-refractivity contribution in [3.8, 4) is 11.8 Å². The largest absolute Gasteiger partial charge is 0.465 e. The lowest BCUT2D eigenvalue weighted by atomic mass is 10.1. The Morgan fingerprint density at radius 3 is 3.00 bits per heavy atom. The van der Waals surface area contributed by atoms with E-state index in [1.165, 1.54) is 7.11 Å². The Balaban J connectivity index is 2.19. The van der Waals surface area contributed by atoms with Gasteiger partial charge in [-0.3, -0.25) is 0 Å². The van der Waals surface area contributed by atoms with Gasteiger partial charge < -0.3 is 4.74 Å².